The Balaban J connectivity index is 1.56. The van der Waals surface area contributed by atoms with E-state index < -0.39 is 0 Å². The maximum atomic E-state index is 12.6. The first-order valence-electron chi connectivity index (χ1n) is 9.36. The molecule has 5 heteroatoms. The van der Waals surface area contributed by atoms with Gasteiger partial charge in [-0.1, -0.05) is 36.3 Å². The summed E-state index contributed by atoms with van der Waals surface area (Å²) >= 11 is 0. The quantitative estimate of drug-likeness (QED) is 0.689. The zero-order chi connectivity index (χ0) is 19.0. The molecule has 0 spiro atoms. The Kier molecular flexibility index (Phi) is 4.52. The fourth-order valence-corrected chi connectivity index (χ4v) is 3.54. The summed E-state index contributed by atoms with van der Waals surface area (Å²) in [5, 5.41) is 4.15. The van der Waals surface area contributed by atoms with Gasteiger partial charge in [-0.15, -0.1) is 0 Å². The number of hydrogen-bond acceptors (Lipinski definition) is 4. The Labute approximate surface area is 159 Å². The summed E-state index contributed by atoms with van der Waals surface area (Å²) in [6.07, 6.45) is 1.40. The van der Waals surface area contributed by atoms with Gasteiger partial charge in [-0.3, -0.25) is 4.79 Å². The Morgan fingerprint density at radius 3 is 2.67 bits per heavy atom. The normalized spacial score (nSPS) is 16.9. The van der Waals surface area contributed by atoms with Gasteiger partial charge in [0.05, 0.1) is 0 Å². The largest absolute Gasteiger partial charge is 0.334 e. The number of benzene rings is 2. The second kappa shape index (κ2) is 6.99. The molecule has 1 fully saturated rings. The molecule has 2 heterocycles. The van der Waals surface area contributed by atoms with Crippen molar-refractivity contribution >= 4 is 11.6 Å². The molecule has 1 amide bonds. The minimum atomic E-state index is -0.0511. The maximum Gasteiger partial charge on any atom is 0.257 e. The lowest BCUT2D eigenvalue weighted by atomic mass is 10.1. The van der Waals surface area contributed by atoms with Gasteiger partial charge in [0.25, 0.3) is 5.89 Å². The standard InChI is InChI=1S/C22H23N3O2/c1-4-16-8-10-17(11-9-16)22-23-21(24-27-22)18-12-20(26)25(13-18)19-7-5-6-14(2)15(19)3/h5-11,18H,4,12-13H2,1-3H3. The van der Waals surface area contributed by atoms with Gasteiger partial charge in [-0.25, -0.2) is 0 Å². The number of amides is 1. The number of hydrogen-bond donors (Lipinski definition) is 0. The van der Waals surface area contributed by atoms with Crippen molar-refractivity contribution in [1.82, 2.24) is 10.1 Å². The van der Waals surface area contributed by atoms with Crippen LogP contribution in [0.25, 0.3) is 11.5 Å². The molecule has 3 aromatic rings. The van der Waals surface area contributed by atoms with Gasteiger partial charge < -0.3 is 9.42 Å². The van der Waals surface area contributed by atoms with Crippen LogP contribution in [0.15, 0.2) is 47.0 Å². The van der Waals surface area contributed by atoms with Crippen molar-refractivity contribution in [3.05, 3.63) is 65.0 Å². The molecule has 4 rings (SSSR count). The highest BCUT2D eigenvalue weighted by atomic mass is 16.5. The second-order valence-corrected chi connectivity index (χ2v) is 7.13. The van der Waals surface area contributed by atoms with E-state index in [4.69, 9.17) is 4.52 Å². The van der Waals surface area contributed by atoms with Crippen LogP contribution in [0.5, 0.6) is 0 Å². The Morgan fingerprint density at radius 1 is 1.15 bits per heavy atom. The van der Waals surface area contributed by atoms with Crippen LogP contribution >= 0.6 is 0 Å². The van der Waals surface area contributed by atoms with Crippen LogP contribution in [-0.2, 0) is 11.2 Å². The van der Waals surface area contributed by atoms with Gasteiger partial charge in [-0.05, 0) is 55.2 Å². The van der Waals surface area contributed by atoms with Crippen LogP contribution in [-0.4, -0.2) is 22.6 Å². The monoisotopic (exact) mass is 361 g/mol. The van der Waals surface area contributed by atoms with Crippen molar-refractivity contribution in [1.29, 1.82) is 0 Å². The SMILES string of the molecule is CCc1ccc(-c2nc(C3CC(=O)N(c4cccc(C)c4C)C3)no2)cc1. The van der Waals surface area contributed by atoms with E-state index in [9.17, 15) is 4.79 Å². The molecule has 0 N–H and O–H groups in total. The number of carbonyl (C=O) groups is 1. The first-order chi connectivity index (χ1) is 13.1. The van der Waals surface area contributed by atoms with Crippen molar-refractivity contribution in [3.8, 4) is 11.5 Å². The lowest BCUT2D eigenvalue weighted by Gasteiger charge is -2.19. The topological polar surface area (TPSA) is 59.2 Å². The van der Waals surface area contributed by atoms with Crippen molar-refractivity contribution < 1.29 is 9.32 Å². The lowest BCUT2D eigenvalue weighted by Crippen LogP contribution is -2.25. The summed E-state index contributed by atoms with van der Waals surface area (Å²) in [5.41, 5.74) is 5.46. The zero-order valence-electron chi connectivity index (χ0n) is 15.9. The number of aromatic nitrogens is 2. The van der Waals surface area contributed by atoms with Crippen molar-refractivity contribution in [2.45, 2.75) is 39.5 Å². The molecule has 27 heavy (non-hydrogen) atoms. The number of anilines is 1. The van der Waals surface area contributed by atoms with E-state index in [0.717, 1.165) is 23.2 Å². The molecule has 0 bridgehead atoms. The fraction of sp³-hybridized carbons (Fsp3) is 0.318. The molecule has 5 nitrogen and oxygen atoms in total. The van der Waals surface area contributed by atoms with Crippen LogP contribution in [0.4, 0.5) is 5.69 Å². The molecule has 1 aromatic heterocycles. The van der Waals surface area contributed by atoms with E-state index in [-0.39, 0.29) is 11.8 Å². The average Bonchev–Trinajstić information content (AvgIpc) is 3.31. The van der Waals surface area contributed by atoms with Gasteiger partial charge >= 0.3 is 0 Å². The molecule has 1 aliphatic heterocycles. The molecular formula is C22H23N3O2. The summed E-state index contributed by atoms with van der Waals surface area (Å²) in [7, 11) is 0. The molecule has 1 atom stereocenters. The van der Waals surface area contributed by atoms with Crippen LogP contribution < -0.4 is 4.90 Å². The van der Waals surface area contributed by atoms with Crippen LogP contribution in [0.2, 0.25) is 0 Å². The van der Waals surface area contributed by atoms with Crippen molar-refractivity contribution in [2.24, 2.45) is 0 Å². The zero-order valence-corrected chi connectivity index (χ0v) is 15.9. The van der Waals surface area contributed by atoms with E-state index in [1.807, 2.05) is 29.2 Å². The Morgan fingerprint density at radius 2 is 1.93 bits per heavy atom. The van der Waals surface area contributed by atoms with Gasteiger partial charge in [0.15, 0.2) is 5.82 Å². The highest BCUT2D eigenvalue weighted by molar-refractivity contribution is 5.97. The molecule has 0 aliphatic carbocycles. The second-order valence-electron chi connectivity index (χ2n) is 7.13. The number of carbonyl (C=O) groups excluding carboxylic acids is 1. The van der Waals surface area contributed by atoms with Crippen LogP contribution in [0.3, 0.4) is 0 Å². The highest BCUT2D eigenvalue weighted by Crippen LogP contribution is 2.33. The first kappa shape index (κ1) is 17.5. The summed E-state index contributed by atoms with van der Waals surface area (Å²) in [4.78, 5) is 19.0. The van der Waals surface area contributed by atoms with Crippen LogP contribution in [0, 0.1) is 13.8 Å². The molecule has 0 saturated carbocycles. The van der Waals surface area contributed by atoms with Crippen molar-refractivity contribution in [3.63, 3.8) is 0 Å². The summed E-state index contributed by atoms with van der Waals surface area (Å²) in [5.74, 6) is 1.16. The number of aryl methyl sites for hydroxylation is 2. The van der Waals surface area contributed by atoms with E-state index in [2.05, 4.69) is 49.1 Å². The summed E-state index contributed by atoms with van der Waals surface area (Å²) in [6.45, 7) is 6.82. The maximum absolute atomic E-state index is 12.6. The van der Waals surface area contributed by atoms with Crippen LogP contribution in [0.1, 0.15) is 41.8 Å². The number of nitrogens with zero attached hydrogens (tertiary/aromatic N) is 3. The number of rotatable bonds is 4. The third kappa shape index (κ3) is 3.25. The summed E-state index contributed by atoms with van der Waals surface area (Å²) < 4.78 is 5.46. The molecule has 1 unspecified atom stereocenters. The third-order valence-electron chi connectivity index (χ3n) is 5.41. The van der Waals surface area contributed by atoms with Gasteiger partial charge in [0.2, 0.25) is 5.91 Å². The molecule has 0 radical (unpaired) electrons. The third-order valence-corrected chi connectivity index (χ3v) is 5.41. The van der Waals surface area contributed by atoms with E-state index in [1.165, 1.54) is 11.1 Å². The molecule has 138 valence electrons. The first-order valence-corrected chi connectivity index (χ1v) is 9.36. The smallest absolute Gasteiger partial charge is 0.257 e. The molecule has 1 saturated heterocycles. The Bertz CT molecular complexity index is 975. The molecule has 2 aromatic carbocycles. The minimum Gasteiger partial charge on any atom is -0.334 e. The molecular weight excluding hydrogens is 338 g/mol. The fourth-order valence-electron chi connectivity index (χ4n) is 3.54. The van der Waals surface area contributed by atoms with E-state index in [0.29, 0.717) is 24.7 Å². The van der Waals surface area contributed by atoms with Gasteiger partial charge in [-0.2, -0.15) is 4.98 Å². The highest BCUT2D eigenvalue weighted by Gasteiger charge is 2.35. The molecule has 1 aliphatic rings. The van der Waals surface area contributed by atoms with Crippen molar-refractivity contribution in [2.75, 3.05) is 11.4 Å². The van der Waals surface area contributed by atoms with Gasteiger partial charge in [0, 0.05) is 30.1 Å². The van der Waals surface area contributed by atoms with Gasteiger partial charge in [0.1, 0.15) is 0 Å². The predicted octanol–water partition coefficient (Wildman–Crippen LogP) is 4.44. The lowest BCUT2D eigenvalue weighted by molar-refractivity contribution is -0.117. The summed E-state index contributed by atoms with van der Waals surface area (Å²) in [6, 6.07) is 14.2. The minimum absolute atomic E-state index is 0.0511. The average molecular weight is 361 g/mol. The van der Waals surface area contributed by atoms with E-state index >= 15 is 0 Å². The van der Waals surface area contributed by atoms with E-state index in [1.54, 1.807) is 0 Å². The Hall–Kier alpha value is -2.95. The predicted molar refractivity (Wildman–Crippen MR) is 105 cm³/mol.